The lowest BCUT2D eigenvalue weighted by molar-refractivity contribution is -0.137. The van der Waals surface area contributed by atoms with Gasteiger partial charge in [0, 0.05) is 19.2 Å². The molecular weight excluding hydrogens is 508 g/mol. The third kappa shape index (κ3) is 6.48. The number of oxazole rings is 1. The molecule has 0 unspecified atom stereocenters. The van der Waals surface area contributed by atoms with Crippen LogP contribution >= 0.6 is 24.0 Å². The van der Waals surface area contributed by atoms with Gasteiger partial charge in [-0.2, -0.15) is 13.2 Å². The Morgan fingerprint density at radius 3 is 2.43 bits per heavy atom. The first-order valence-electron chi connectivity index (χ1n) is 8.97. The first kappa shape index (κ1) is 23.7. The van der Waals surface area contributed by atoms with Crippen molar-refractivity contribution in [3.05, 3.63) is 77.2 Å². The minimum atomic E-state index is -4.36. The molecule has 3 aromatic rings. The zero-order valence-corrected chi connectivity index (χ0v) is 18.8. The van der Waals surface area contributed by atoms with Gasteiger partial charge >= 0.3 is 6.18 Å². The Morgan fingerprint density at radius 1 is 1.07 bits per heavy atom. The monoisotopic (exact) mass is 530 g/mol. The fourth-order valence-corrected chi connectivity index (χ4v) is 2.66. The van der Waals surface area contributed by atoms with E-state index in [-0.39, 0.29) is 30.5 Å². The zero-order chi connectivity index (χ0) is 20.9. The van der Waals surface area contributed by atoms with Crippen LogP contribution in [0.5, 0.6) is 0 Å². The van der Waals surface area contributed by atoms with Crippen LogP contribution in [0.4, 0.5) is 13.2 Å². The summed E-state index contributed by atoms with van der Waals surface area (Å²) in [6.07, 6.45) is -2.81. The molecule has 0 aliphatic heterocycles. The van der Waals surface area contributed by atoms with E-state index in [0.29, 0.717) is 29.7 Å². The van der Waals surface area contributed by atoms with Crippen LogP contribution in [0.15, 0.2) is 64.2 Å². The van der Waals surface area contributed by atoms with Crippen molar-refractivity contribution in [1.29, 1.82) is 0 Å². The Labute approximate surface area is 189 Å². The Balaban J connectivity index is 0.00000320. The maximum Gasteiger partial charge on any atom is 0.416 e. The van der Waals surface area contributed by atoms with Gasteiger partial charge in [0.1, 0.15) is 6.26 Å². The molecule has 0 amide bonds. The molecule has 0 bridgehead atoms. The average Bonchev–Trinajstić information content (AvgIpc) is 3.17. The van der Waals surface area contributed by atoms with E-state index in [9.17, 15) is 13.2 Å². The van der Waals surface area contributed by atoms with E-state index >= 15 is 0 Å². The van der Waals surface area contributed by atoms with Crippen molar-refractivity contribution in [3.8, 4) is 11.5 Å². The summed E-state index contributed by atoms with van der Waals surface area (Å²) in [5.74, 6) is 0.969. The summed E-state index contributed by atoms with van der Waals surface area (Å²) >= 11 is 0. The van der Waals surface area contributed by atoms with Gasteiger partial charge in [-0.25, -0.2) is 4.98 Å². The zero-order valence-electron chi connectivity index (χ0n) is 16.5. The van der Waals surface area contributed by atoms with Crippen molar-refractivity contribution in [1.82, 2.24) is 15.6 Å². The first-order chi connectivity index (χ1) is 13.8. The minimum absolute atomic E-state index is 0. The van der Waals surface area contributed by atoms with Crippen molar-refractivity contribution >= 4 is 29.9 Å². The number of aryl methyl sites for hydroxylation is 1. The molecular formula is C21H22F3IN4O. The number of benzene rings is 2. The van der Waals surface area contributed by atoms with Gasteiger partial charge in [-0.15, -0.1) is 24.0 Å². The van der Waals surface area contributed by atoms with Crippen LogP contribution in [-0.4, -0.2) is 18.0 Å². The molecule has 160 valence electrons. The molecule has 30 heavy (non-hydrogen) atoms. The average molecular weight is 530 g/mol. The van der Waals surface area contributed by atoms with Crippen LogP contribution in [0.2, 0.25) is 0 Å². The van der Waals surface area contributed by atoms with Crippen molar-refractivity contribution in [3.63, 3.8) is 0 Å². The van der Waals surface area contributed by atoms with Crippen molar-refractivity contribution < 1.29 is 17.6 Å². The predicted octanol–water partition coefficient (Wildman–Crippen LogP) is 5.15. The number of halogens is 4. The molecule has 0 spiro atoms. The fourth-order valence-electron chi connectivity index (χ4n) is 2.66. The van der Waals surface area contributed by atoms with Crippen LogP contribution in [0, 0.1) is 6.92 Å². The molecule has 0 fully saturated rings. The summed E-state index contributed by atoms with van der Waals surface area (Å²) in [6, 6.07) is 13.0. The van der Waals surface area contributed by atoms with E-state index < -0.39 is 11.7 Å². The van der Waals surface area contributed by atoms with Crippen LogP contribution in [0.3, 0.4) is 0 Å². The Hall–Kier alpha value is -2.56. The van der Waals surface area contributed by atoms with Gasteiger partial charge in [-0.05, 0) is 36.8 Å². The number of hydrogen-bond donors (Lipinski definition) is 2. The maximum absolute atomic E-state index is 12.8. The number of nitrogens with one attached hydrogen (secondary N) is 2. The standard InChI is InChI=1S/C21H21F3N4O.HI/c1-14-6-8-16(9-7-14)19-28-18(13-29-19)12-27-20(25-2)26-11-15-4-3-5-17(10-15)21(22,23)24;/h3-10,13H,11-12H2,1-2H3,(H2,25,26,27);1H. The highest BCUT2D eigenvalue weighted by Gasteiger charge is 2.30. The second-order valence-corrected chi connectivity index (χ2v) is 6.49. The fraction of sp³-hybridized carbons (Fsp3) is 0.238. The molecule has 2 aromatic carbocycles. The quantitative estimate of drug-likeness (QED) is 0.272. The largest absolute Gasteiger partial charge is 0.444 e. The third-order valence-electron chi connectivity index (χ3n) is 4.23. The van der Waals surface area contributed by atoms with Gasteiger partial charge in [0.15, 0.2) is 5.96 Å². The van der Waals surface area contributed by atoms with Gasteiger partial charge in [0.05, 0.1) is 17.8 Å². The Bertz CT molecular complexity index is 984. The molecule has 5 nitrogen and oxygen atoms in total. The molecule has 0 atom stereocenters. The van der Waals surface area contributed by atoms with Crippen LogP contribution in [0.1, 0.15) is 22.4 Å². The van der Waals surface area contributed by atoms with E-state index in [1.165, 1.54) is 6.07 Å². The summed E-state index contributed by atoms with van der Waals surface area (Å²) in [5, 5.41) is 6.06. The molecule has 2 N–H and O–H groups in total. The number of hydrogen-bond acceptors (Lipinski definition) is 3. The number of aliphatic imine (C=N–C) groups is 1. The van der Waals surface area contributed by atoms with Crippen molar-refractivity contribution in [2.24, 2.45) is 4.99 Å². The molecule has 3 rings (SSSR count). The topological polar surface area (TPSA) is 62.5 Å². The smallest absolute Gasteiger partial charge is 0.416 e. The number of aromatic nitrogens is 1. The normalized spacial score (nSPS) is 11.7. The van der Waals surface area contributed by atoms with Crippen LogP contribution in [-0.2, 0) is 19.3 Å². The predicted molar refractivity (Wildman–Crippen MR) is 121 cm³/mol. The molecule has 1 heterocycles. The summed E-state index contributed by atoms with van der Waals surface area (Å²) in [4.78, 5) is 8.51. The summed E-state index contributed by atoms with van der Waals surface area (Å²) in [6.45, 7) is 2.57. The van der Waals surface area contributed by atoms with E-state index in [4.69, 9.17) is 4.42 Å². The van der Waals surface area contributed by atoms with Crippen LogP contribution in [0.25, 0.3) is 11.5 Å². The lowest BCUT2D eigenvalue weighted by Crippen LogP contribution is -2.36. The summed E-state index contributed by atoms with van der Waals surface area (Å²) < 4.78 is 44.0. The molecule has 0 aliphatic carbocycles. The highest BCUT2D eigenvalue weighted by Crippen LogP contribution is 2.29. The molecule has 0 radical (unpaired) electrons. The van der Waals surface area contributed by atoms with Gasteiger partial charge in [-0.1, -0.05) is 29.8 Å². The lowest BCUT2D eigenvalue weighted by Gasteiger charge is -2.12. The Kier molecular flexibility index (Phi) is 8.27. The van der Waals surface area contributed by atoms with Gasteiger partial charge in [-0.3, -0.25) is 4.99 Å². The highest BCUT2D eigenvalue weighted by atomic mass is 127. The van der Waals surface area contributed by atoms with Crippen molar-refractivity contribution in [2.75, 3.05) is 7.05 Å². The lowest BCUT2D eigenvalue weighted by atomic mass is 10.1. The van der Waals surface area contributed by atoms with Gasteiger partial charge in [0.25, 0.3) is 0 Å². The van der Waals surface area contributed by atoms with Gasteiger partial charge in [0.2, 0.25) is 5.89 Å². The van der Waals surface area contributed by atoms with E-state index in [1.54, 1.807) is 19.4 Å². The molecule has 0 aliphatic rings. The number of alkyl halides is 3. The van der Waals surface area contributed by atoms with E-state index in [2.05, 4.69) is 20.6 Å². The highest BCUT2D eigenvalue weighted by molar-refractivity contribution is 14.0. The molecule has 0 saturated carbocycles. The second-order valence-electron chi connectivity index (χ2n) is 6.49. The van der Waals surface area contributed by atoms with E-state index in [0.717, 1.165) is 23.3 Å². The first-order valence-corrected chi connectivity index (χ1v) is 8.97. The summed E-state index contributed by atoms with van der Waals surface area (Å²) in [5.41, 5.74) is 2.55. The SMILES string of the molecule is CN=C(NCc1cccc(C(F)(F)F)c1)NCc1coc(-c2ccc(C)cc2)n1.I. The molecule has 0 saturated heterocycles. The maximum atomic E-state index is 12.8. The number of rotatable bonds is 5. The minimum Gasteiger partial charge on any atom is -0.444 e. The number of guanidine groups is 1. The van der Waals surface area contributed by atoms with Gasteiger partial charge < -0.3 is 15.1 Å². The summed E-state index contributed by atoms with van der Waals surface area (Å²) in [7, 11) is 1.59. The Morgan fingerprint density at radius 2 is 1.77 bits per heavy atom. The van der Waals surface area contributed by atoms with E-state index in [1.807, 2.05) is 31.2 Å². The third-order valence-corrected chi connectivity index (χ3v) is 4.23. The van der Waals surface area contributed by atoms with Crippen molar-refractivity contribution in [2.45, 2.75) is 26.2 Å². The molecule has 1 aromatic heterocycles. The molecule has 9 heteroatoms. The second kappa shape index (κ2) is 10.5. The van der Waals surface area contributed by atoms with Crippen LogP contribution < -0.4 is 10.6 Å². The number of nitrogens with zero attached hydrogens (tertiary/aromatic N) is 2.